The van der Waals surface area contributed by atoms with Crippen LogP contribution in [-0.2, 0) is 4.74 Å². The average molecular weight is 251 g/mol. The van der Waals surface area contributed by atoms with E-state index in [1.807, 2.05) is 13.8 Å². The van der Waals surface area contributed by atoms with Crippen molar-refractivity contribution in [2.75, 3.05) is 19.0 Å². The Morgan fingerprint density at radius 2 is 2.22 bits per heavy atom. The van der Waals surface area contributed by atoms with Crippen molar-refractivity contribution in [3.8, 4) is 5.88 Å². The highest BCUT2D eigenvalue weighted by molar-refractivity contribution is 5.28. The Morgan fingerprint density at radius 3 is 2.78 bits per heavy atom. The second-order valence-electron chi connectivity index (χ2n) is 4.98. The van der Waals surface area contributed by atoms with Gasteiger partial charge in [-0.15, -0.1) is 0 Å². The average Bonchev–Trinajstić information content (AvgIpc) is 2.28. The van der Waals surface area contributed by atoms with Crippen LogP contribution in [0.2, 0.25) is 0 Å². The van der Waals surface area contributed by atoms with E-state index in [1.54, 1.807) is 19.4 Å². The summed E-state index contributed by atoms with van der Waals surface area (Å²) >= 11 is 0. The molecular weight excluding hydrogens is 230 g/mol. The third kappa shape index (κ3) is 3.10. The monoisotopic (exact) mass is 251 g/mol. The Labute approximate surface area is 108 Å². The van der Waals surface area contributed by atoms with Crippen LogP contribution < -0.4 is 10.1 Å². The zero-order valence-electron chi connectivity index (χ0n) is 11.3. The predicted octanol–water partition coefficient (Wildman–Crippen LogP) is 2.24. The zero-order valence-corrected chi connectivity index (χ0v) is 11.3. The van der Waals surface area contributed by atoms with Crippen LogP contribution in [0.1, 0.15) is 33.1 Å². The summed E-state index contributed by atoms with van der Waals surface area (Å²) in [6.45, 7) is 4.70. The summed E-state index contributed by atoms with van der Waals surface area (Å²) in [4.78, 5) is 8.49. The van der Waals surface area contributed by atoms with Gasteiger partial charge in [-0.25, -0.2) is 4.98 Å². The molecule has 100 valence electrons. The lowest BCUT2D eigenvalue weighted by molar-refractivity contribution is -0.0602. The van der Waals surface area contributed by atoms with Crippen LogP contribution in [-0.4, -0.2) is 35.3 Å². The van der Waals surface area contributed by atoms with Crippen LogP contribution in [0.15, 0.2) is 12.3 Å². The van der Waals surface area contributed by atoms with Crippen LogP contribution in [0, 0.1) is 0 Å². The van der Waals surface area contributed by atoms with Crippen LogP contribution >= 0.6 is 0 Å². The van der Waals surface area contributed by atoms with Gasteiger partial charge >= 0.3 is 0 Å². The summed E-state index contributed by atoms with van der Waals surface area (Å²) in [5.41, 5.74) is -0.0295. The van der Waals surface area contributed by atoms with Crippen LogP contribution in [0.25, 0.3) is 0 Å². The van der Waals surface area contributed by atoms with Crippen molar-refractivity contribution in [3.05, 3.63) is 12.3 Å². The van der Waals surface area contributed by atoms with E-state index in [-0.39, 0.29) is 11.7 Å². The molecule has 0 atom stereocenters. The Kier molecular flexibility index (Phi) is 4.01. The van der Waals surface area contributed by atoms with Crippen molar-refractivity contribution < 1.29 is 9.47 Å². The Hall–Kier alpha value is -1.36. The molecule has 5 nitrogen and oxygen atoms in total. The van der Waals surface area contributed by atoms with Gasteiger partial charge in [-0.2, -0.15) is 4.98 Å². The highest BCUT2D eigenvalue weighted by atomic mass is 16.5. The van der Waals surface area contributed by atoms with Gasteiger partial charge in [-0.1, -0.05) is 0 Å². The van der Waals surface area contributed by atoms with E-state index in [0.717, 1.165) is 19.4 Å². The summed E-state index contributed by atoms with van der Waals surface area (Å²) in [5.74, 6) is 1.19. The fourth-order valence-corrected chi connectivity index (χ4v) is 2.00. The molecule has 1 saturated carbocycles. The summed E-state index contributed by atoms with van der Waals surface area (Å²) in [7, 11) is 1.76. The molecule has 1 aromatic heterocycles. The number of aromatic nitrogens is 2. The van der Waals surface area contributed by atoms with Gasteiger partial charge in [-0.05, 0) is 33.1 Å². The fraction of sp³-hybridized carbons (Fsp3) is 0.692. The number of nitrogens with one attached hydrogen (secondary N) is 1. The maximum atomic E-state index is 5.54. The van der Waals surface area contributed by atoms with Gasteiger partial charge in [0, 0.05) is 25.9 Å². The van der Waals surface area contributed by atoms with Gasteiger partial charge in [0.1, 0.15) is 0 Å². The van der Waals surface area contributed by atoms with Gasteiger partial charge in [-0.3, -0.25) is 0 Å². The molecule has 18 heavy (non-hydrogen) atoms. The number of rotatable bonds is 6. The second kappa shape index (κ2) is 5.52. The third-order valence-electron chi connectivity index (χ3n) is 3.25. The van der Waals surface area contributed by atoms with Crippen LogP contribution in [0.4, 0.5) is 5.95 Å². The maximum Gasteiger partial charge on any atom is 0.226 e. The van der Waals surface area contributed by atoms with Crippen molar-refractivity contribution >= 4 is 5.95 Å². The number of nitrogens with zero attached hydrogens (tertiary/aromatic N) is 2. The third-order valence-corrected chi connectivity index (χ3v) is 3.25. The van der Waals surface area contributed by atoms with Crippen molar-refractivity contribution in [3.63, 3.8) is 0 Å². The molecule has 0 amide bonds. The van der Waals surface area contributed by atoms with E-state index in [0.29, 0.717) is 11.8 Å². The topological polar surface area (TPSA) is 56.3 Å². The highest BCUT2D eigenvalue weighted by Gasteiger charge is 2.36. The molecule has 1 aliphatic rings. The number of ether oxygens (including phenoxy) is 2. The highest BCUT2D eigenvalue weighted by Crippen LogP contribution is 2.34. The standard InChI is InChI=1S/C13H21N3O2/c1-10(2)18-11-5-8-14-12(16-11)15-9-13(17-3)6-4-7-13/h5,8,10H,4,6-7,9H2,1-3H3,(H,14,15,16). The molecule has 0 saturated heterocycles. The summed E-state index contributed by atoms with van der Waals surface area (Å²) in [5, 5.41) is 3.22. The van der Waals surface area contributed by atoms with E-state index < -0.39 is 0 Å². The van der Waals surface area contributed by atoms with E-state index in [1.165, 1.54) is 6.42 Å². The first-order valence-corrected chi connectivity index (χ1v) is 6.42. The smallest absolute Gasteiger partial charge is 0.226 e. The minimum absolute atomic E-state index is 0.0295. The fourth-order valence-electron chi connectivity index (χ4n) is 2.00. The molecule has 0 bridgehead atoms. The molecule has 1 N–H and O–H groups in total. The van der Waals surface area contributed by atoms with Gasteiger partial charge in [0.2, 0.25) is 11.8 Å². The van der Waals surface area contributed by atoms with Gasteiger partial charge in [0.05, 0.1) is 11.7 Å². The molecule has 0 unspecified atom stereocenters. The predicted molar refractivity (Wildman–Crippen MR) is 69.9 cm³/mol. The molecule has 5 heteroatoms. The summed E-state index contributed by atoms with van der Waals surface area (Å²) < 4.78 is 11.1. The molecule has 1 aliphatic carbocycles. The second-order valence-corrected chi connectivity index (χ2v) is 4.98. The normalized spacial score (nSPS) is 17.3. The Balaban J connectivity index is 1.92. The van der Waals surface area contributed by atoms with E-state index in [9.17, 15) is 0 Å². The first-order valence-electron chi connectivity index (χ1n) is 6.42. The number of hydrogen-bond donors (Lipinski definition) is 1. The van der Waals surface area contributed by atoms with Gasteiger partial charge in [0.15, 0.2) is 0 Å². The van der Waals surface area contributed by atoms with Crippen molar-refractivity contribution in [2.24, 2.45) is 0 Å². The quantitative estimate of drug-likeness (QED) is 0.840. The lowest BCUT2D eigenvalue weighted by Gasteiger charge is -2.40. The Bertz CT molecular complexity index is 386. The molecule has 1 heterocycles. The van der Waals surface area contributed by atoms with E-state index in [2.05, 4.69) is 15.3 Å². The number of methoxy groups -OCH3 is 1. The van der Waals surface area contributed by atoms with Gasteiger partial charge < -0.3 is 14.8 Å². The molecule has 0 radical (unpaired) electrons. The molecule has 1 aromatic rings. The Morgan fingerprint density at radius 1 is 1.44 bits per heavy atom. The first kappa shape index (κ1) is 13.1. The van der Waals surface area contributed by atoms with Crippen LogP contribution in [0.5, 0.6) is 5.88 Å². The molecular formula is C13H21N3O2. The van der Waals surface area contributed by atoms with Crippen molar-refractivity contribution in [2.45, 2.75) is 44.8 Å². The lowest BCUT2D eigenvalue weighted by atomic mass is 9.80. The van der Waals surface area contributed by atoms with E-state index in [4.69, 9.17) is 9.47 Å². The van der Waals surface area contributed by atoms with Gasteiger partial charge in [0.25, 0.3) is 0 Å². The number of anilines is 1. The molecule has 0 aliphatic heterocycles. The zero-order chi connectivity index (χ0) is 13.0. The largest absolute Gasteiger partial charge is 0.475 e. The minimum Gasteiger partial charge on any atom is -0.475 e. The SMILES string of the molecule is COC1(CNc2nccc(OC(C)C)n2)CCC1. The lowest BCUT2D eigenvalue weighted by Crippen LogP contribution is -2.45. The maximum absolute atomic E-state index is 5.54. The first-order chi connectivity index (χ1) is 8.63. The summed E-state index contributed by atoms with van der Waals surface area (Å²) in [6, 6.07) is 1.76. The summed E-state index contributed by atoms with van der Waals surface area (Å²) in [6.07, 6.45) is 5.24. The molecule has 2 rings (SSSR count). The molecule has 0 spiro atoms. The van der Waals surface area contributed by atoms with Crippen molar-refractivity contribution in [1.29, 1.82) is 0 Å². The molecule has 1 fully saturated rings. The minimum atomic E-state index is -0.0295. The van der Waals surface area contributed by atoms with Crippen molar-refractivity contribution in [1.82, 2.24) is 9.97 Å². The number of hydrogen-bond acceptors (Lipinski definition) is 5. The molecule has 0 aromatic carbocycles. The van der Waals surface area contributed by atoms with E-state index >= 15 is 0 Å². The van der Waals surface area contributed by atoms with Crippen LogP contribution in [0.3, 0.4) is 0 Å².